The lowest BCUT2D eigenvalue weighted by molar-refractivity contribution is 0.765. The zero-order valence-electron chi connectivity index (χ0n) is 35.6. The highest BCUT2D eigenvalue weighted by Crippen LogP contribution is 2.59. The molecular weight excluding hydrogens is 759 g/mol. The fourth-order valence-corrected chi connectivity index (χ4v) is 10.3. The zero-order chi connectivity index (χ0) is 42.3. The fourth-order valence-electron chi connectivity index (χ4n) is 10.3. The average Bonchev–Trinajstić information content (AvgIpc) is 3.65. The third-order valence-corrected chi connectivity index (χ3v) is 13.1. The summed E-state index contributed by atoms with van der Waals surface area (Å²) in [5.41, 5.74) is 19.2. The van der Waals surface area contributed by atoms with Gasteiger partial charge < -0.3 is 4.90 Å². The third-order valence-electron chi connectivity index (χ3n) is 13.1. The van der Waals surface area contributed by atoms with Crippen molar-refractivity contribution in [3.8, 4) is 44.5 Å². The number of para-hydroxylation sites is 1. The number of fused-ring (bicyclic) bond motifs is 4. The SMILES string of the molecule is CC(C)c1cccc2c1-c1ccc(N(c3ccc(-c4ccc5ccccc5c4-c4ccccc4)cc3)c3ccccc3-c3ccccc3)cc1C2(c1ccccc1)c1ccccc1. The largest absolute Gasteiger partial charge is 0.310 e. The van der Waals surface area contributed by atoms with Gasteiger partial charge in [-0.2, -0.15) is 0 Å². The number of hydrogen-bond donors (Lipinski definition) is 0. The summed E-state index contributed by atoms with van der Waals surface area (Å²) in [5, 5.41) is 2.49. The molecule has 0 heterocycles. The Morgan fingerprint density at radius 3 is 1.60 bits per heavy atom. The van der Waals surface area contributed by atoms with Crippen LogP contribution in [0.1, 0.15) is 47.6 Å². The van der Waals surface area contributed by atoms with E-state index in [2.05, 4.69) is 261 Å². The Morgan fingerprint density at radius 2 is 0.921 bits per heavy atom. The van der Waals surface area contributed by atoms with Gasteiger partial charge >= 0.3 is 0 Å². The van der Waals surface area contributed by atoms with Crippen LogP contribution in [-0.2, 0) is 5.41 Å². The number of benzene rings is 10. The van der Waals surface area contributed by atoms with E-state index in [-0.39, 0.29) is 0 Å². The molecule has 63 heavy (non-hydrogen) atoms. The van der Waals surface area contributed by atoms with Crippen molar-refractivity contribution in [1.82, 2.24) is 0 Å². The van der Waals surface area contributed by atoms with E-state index in [0.717, 1.165) is 17.1 Å². The molecule has 1 aliphatic carbocycles. The van der Waals surface area contributed by atoms with Crippen molar-refractivity contribution in [2.75, 3.05) is 4.90 Å². The summed E-state index contributed by atoms with van der Waals surface area (Å²) >= 11 is 0. The predicted octanol–water partition coefficient (Wildman–Crippen LogP) is 16.8. The summed E-state index contributed by atoms with van der Waals surface area (Å²) in [6.45, 7) is 4.64. The van der Waals surface area contributed by atoms with Crippen molar-refractivity contribution in [2.45, 2.75) is 25.2 Å². The van der Waals surface area contributed by atoms with Gasteiger partial charge in [-0.15, -0.1) is 0 Å². The van der Waals surface area contributed by atoms with Crippen molar-refractivity contribution >= 4 is 27.8 Å². The molecule has 0 bridgehead atoms. The number of rotatable bonds is 9. The Bertz CT molecular complexity index is 3180. The molecule has 0 amide bonds. The maximum absolute atomic E-state index is 2.49. The first-order chi connectivity index (χ1) is 31.1. The second-order valence-corrected chi connectivity index (χ2v) is 17.0. The first-order valence-corrected chi connectivity index (χ1v) is 22.1. The molecule has 0 aromatic heterocycles. The van der Waals surface area contributed by atoms with Gasteiger partial charge in [0.25, 0.3) is 0 Å². The van der Waals surface area contributed by atoms with Crippen molar-refractivity contribution in [3.63, 3.8) is 0 Å². The molecule has 0 saturated heterocycles. The van der Waals surface area contributed by atoms with Crippen LogP contribution in [0.5, 0.6) is 0 Å². The maximum atomic E-state index is 2.49. The first-order valence-electron chi connectivity index (χ1n) is 22.1. The smallest absolute Gasteiger partial charge is 0.0714 e. The molecule has 0 unspecified atom stereocenters. The van der Waals surface area contributed by atoms with Crippen LogP contribution >= 0.6 is 0 Å². The Labute approximate surface area is 371 Å². The van der Waals surface area contributed by atoms with Crippen LogP contribution in [0.2, 0.25) is 0 Å². The lowest BCUT2D eigenvalue weighted by atomic mass is 9.67. The van der Waals surface area contributed by atoms with Crippen molar-refractivity contribution in [2.24, 2.45) is 0 Å². The van der Waals surface area contributed by atoms with E-state index in [9.17, 15) is 0 Å². The molecule has 10 aromatic carbocycles. The van der Waals surface area contributed by atoms with Crippen molar-refractivity contribution in [3.05, 3.63) is 270 Å². The topological polar surface area (TPSA) is 3.24 Å². The van der Waals surface area contributed by atoms with Crippen molar-refractivity contribution in [1.29, 1.82) is 0 Å². The normalized spacial score (nSPS) is 12.6. The van der Waals surface area contributed by atoms with Gasteiger partial charge in [-0.3, -0.25) is 0 Å². The quantitative estimate of drug-likeness (QED) is 0.140. The summed E-state index contributed by atoms with van der Waals surface area (Å²) in [6, 6.07) is 89.4. The fraction of sp³-hybridized carbons (Fsp3) is 0.0645. The van der Waals surface area contributed by atoms with Crippen LogP contribution in [0.3, 0.4) is 0 Å². The monoisotopic (exact) mass is 805 g/mol. The Kier molecular flexibility index (Phi) is 9.67. The molecule has 0 saturated carbocycles. The number of anilines is 3. The van der Waals surface area contributed by atoms with Crippen LogP contribution in [-0.4, -0.2) is 0 Å². The molecule has 1 heteroatoms. The predicted molar refractivity (Wildman–Crippen MR) is 266 cm³/mol. The molecule has 0 spiro atoms. The van der Waals surface area contributed by atoms with Crippen LogP contribution in [0.4, 0.5) is 17.1 Å². The van der Waals surface area contributed by atoms with Crippen LogP contribution < -0.4 is 4.90 Å². The molecular formula is C62H47N. The lowest BCUT2D eigenvalue weighted by Crippen LogP contribution is -2.28. The Hall–Kier alpha value is -7.74. The highest BCUT2D eigenvalue weighted by Gasteiger charge is 2.47. The van der Waals surface area contributed by atoms with Gasteiger partial charge in [0, 0.05) is 16.9 Å². The Balaban J connectivity index is 1.16. The van der Waals surface area contributed by atoms with Gasteiger partial charge in [0.15, 0.2) is 0 Å². The van der Waals surface area contributed by atoms with Crippen molar-refractivity contribution < 1.29 is 0 Å². The van der Waals surface area contributed by atoms with E-state index in [0.29, 0.717) is 5.92 Å². The minimum Gasteiger partial charge on any atom is -0.310 e. The van der Waals surface area contributed by atoms with Crippen LogP contribution in [0.25, 0.3) is 55.3 Å². The molecule has 0 aliphatic heterocycles. The number of hydrogen-bond acceptors (Lipinski definition) is 1. The van der Waals surface area contributed by atoms with Gasteiger partial charge in [-0.05, 0) is 114 Å². The molecule has 0 atom stereocenters. The lowest BCUT2D eigenvalue weighted by Gasteiger charge is -2.35. The summed E-state index contributed by atoms with van der Waals surface area (Å²) < 4.78 is 0. The molecule has 10 aromatic rings. The molecule has 1 aliphatic rings. The maximum Gasteiger partial charge on any atom is 0.0714 e. The molecule has 11 rings (SSSR count). The van der Waals surface area contributed by atoms with E-state index < -0.39 is 5.41 Å². The summed E-state index contributed by atoms with van der Waals surface area (Å²) in [6.07, 6.45) is 0. The second kappa shape index (κ2) is 15.9. The van der Waals surface area contributed by atoms with E-state index in [1.807, 2.05) is 0 Å². The summed E-state index contributed by atoms with van der Waals surface area (Å²) in [4.78, 5) is 2.47. The molecule has 300 valence electrons. The van der Waals surface area contributed by atoms with Gasteiger partial charge in [0.2, 0.25) is 0 Å². The summed E-state index contributed by atoms with van der Waals surface area (Å²) in [5.74, 6) is 0.354. The third kappa shape index (κ3) is 6.39. The zero-order valence-corrected chi connectivity index (χ0v) is 35.6. The van der Waals surface area contributed by atoms with Crippen LogP contribution in [0.15, 0.2) is 243 Å². The second-order valence-electron chi connectivity index (χ2n) is 17.0. The van der Waals surface area contributed by atoms with Gasteiger partial charge in [-0.25, -0.2) is 0 Å². The molecule has 1 nitrogen and oxygen atoms in total. The standard InChI is InChI=1S/C62H47N/c1-43(2)52-31-19-32-57-61(52)56-41-39-51(42-58(56)62(57,48-25-11-5-12-26-48)49-27-13-6-14-28-49)63(59-33-18-17-29-53(59)44-20-7-3-8-21-44)50-37-34-46(35-38-50)55-40-36-45-22-15-16-30-54(45)60(55)47-23-9-4-10-24-47/h3-43H,1-2H3. The average molecular weight is 806 g/mol. The summed E-state index contributed by atoms with van der Waals surface area (Å²) in [7, 11) is 0. The van der Waals surface area contributed by atoms with E-state index in [1.54, 1.807) is 0 Å². The Morgan fingerprint density at radius 1 is 0.365 bits per heavy atom. The highest BCUT2D eigenvalue weighted by atomic mass is 15.1. The van der Waals surface area contributed by atoms with Gasteiger partial charge in [0.05, 0.1) is 11.1 Å². The number of nitrogens with zero attached hydrogens (tertiary/aromatic N) is 1. The molecule has 0 radical (unpaired) electrons. The minimum absolute atomic E-state index is 0.354. The van der Waals surface area contributed by atoms with Gasteiger partial charge in [0.1, 0.15) is 0 Å². The van der Waals surface area contributed by atoms with Crippen LogP contribution in [0, 0.1) is 0 Å². The minimum atomic E-state index is -0.535. The van der Waals surface area contributed by atoms with Gasteiger partial charge in [-0.1, -0.05) is 226 Å². The first kappa shape index (κ1) is 38.2. The molecule has 0 N–H and O–H groups in total. The van der Waals surface area contributed by atoms with E-state index in [4.69, 9.17) is 0 Å². The molecule has 0 fully saturated rings. The van der Waals surface area contributed by atoms with E-state index >= 15 is 0 Å². The van der Waals surface area contributed by atoms with E-state index in [1.165, 1.54) is 83.1 Å². The highest BCUT2D eigenvalue weighted by molar-refractivity contribution is 6.04.